The maximum Gasteiger partial charge on any atom is 0.287 e. The lowest BCUT2D eigenvalue weighted by molar-refractivity contribution is 0.0922. The summed E-state index contributed by atoms with van der Waals surface area (Å²) in [5, 5.41) is 8.36. The highest BCUT2D eigenvalue weighted by Crippen LogP contribution is 2.21. The van der Waals surface area contributed by atoms with E-state index in [0.29, 0.717) is 18.1 Å². The quantitative estimate of drug-likeness (QED) is 0.576. The molecule has 3 aromatic rings. The van der Waals surface area contributed by atoms with Crippen molar-refractivity contribution in [1.82, 2.24) is 10.6 Å². The SMILES string of the molecule is CCCNCCNC(=O)c1ccc(COc2ccc3ccccc3c2)o1. The molecule has 0 aliphatic carbocycles. The van der Waals surface area contributed by atoms with Gasteiger partial charge in [-0.1, -0.05) is 37.3 Å². The molecule has 3 rings (SSSR count). The molecule has 0 fully saturated rings. The molecule has 5 nitrogen and oxygen atoms in total. The first-order chi connectivity index (χ1) is 12.8. The van der Waals surface area contributed by atoms with E-state index in [1.165, 1.54) is 5.39 Å². The number of hydrogen-bond donors (Lipinski definition) is 2. The second kappa shape index (κ2) is 9.06. The molecule has 0 aliphatic rings. The number of fused-ring (bicyclic) bond motifs is 1. The Labute approximate surface area is 153 Å². The number of rotatable bonds is 9. The third-order valence-corrected chi connectivity index (χ3v) is 4.00. The Morgan fingerprint density at radius 3 is 2.69 bits per heavy atom. The average molecular weight is 352 g/mol. The van der Waals surface area contributed by atoms with Crippen LogP contribution in [0.25, 0.3) is 10.8 Å². The normalized spacial score (nSPS) is 10.8. The summed E-state index contributed by atoms with van der Waals surface area (Å²) in [7, 11) is 0. The van der Waals surface area contributed by atoms with E-state index in [1.807, 2.05) is 36.4 Å². The van der Waals surface area contributed by atoms with Crippen molar-refractivity contribution in [3.63, 3.8) is 0 Å². The molecular formula is C21H24N2O3. The monoisotopic (exact) mass is 352 g/mol. The van der Waals surface area contributed by atoms with E-state index < -0.39 is 0 Å². The Kier molecular flexibility index (Phi) is 6.28. The molecule has 2 aromatic carbocycles. The van der Waals surface area contributed by atoms with E-state index in [9.17, 15) is 4.79 Å². The number of benzene rings is 2. The van der Waals surface area contributed by atoms with Crippen LogP contribution in [0.3, 0.4) is 0 Å². The zero-order valence-corrected chi connectivity index (χ0v) is 15.0. The predicted molar refractivity (Wildman–Crippen MR) is 102 cm³/mol. The van der Waals surface area contributed by atoms with Crippen molar-refractivity contribution in [2.75, 3.05) is 19.6 Å². The Morgan fingerprint density at radius 1 is 1.00 bits per heavy atom. The summed E-state index contributed by atoms with van der Waals surface area (Å²) in [6.45, 7) is 4.66. The van der Waals surface area contributed by atoms with Gasteiger partial charge in [0.15, 0.2) is 5.76 Å². The lowest BCUT2D eigenvalue weighted by Gasteiger charge is -2.06. The first-order valence-electron chi connectivity index (χ1n) is 8.95. The van der Waals surface area contributed by atoms with Crippen molar-refractivity contribution in [2.24, 2.45) is 0 Å². The summed E-state index contributed by atoms with van der Waals surface area (Å²) in [5.74, 6) is 1.48. The van der Waals surface area contributed by atoms with Crippen LogP contribution < -0.4 is 15.4 Å². The number of hydrogen-bond acceptors (Lipinski definition) is 4. The van der Waals surface area contributed by atoms with Gasteiger partial charge in [-0.2, -0.15) is 0 Å². The summed E-state index contributed by atoms with van der Waals surface area (Å²) < 4.78 is 11.4. The molecule has 26 heavy (non-hydrogen) atoms. The molecule has 136 valence electrons. The summed E-state index contributed by atoms with van der Waals surface area (Å²) in [6, 6.07) is 17.5. The van der Waals surface area contributed by atoms with Gasteiger partial charge in [0.2, 0.25) is 0 Å². The molecule has 0 aliphatic heterocycles. The zero-order valence-electron chi connectivity index (χ0n) is 15.0. The number of ether oxygens (including phenoxy) is 1. The second-order valence-electron chi connectivity index (χ2n) is 6.07. The Balaban J connectivity index is 1.50. The fourth-order valence-corrected chi connectivity index (χ4v) is 2.64. The predicted octanol–water partition coefficient (Wildman–Crippen LogP) is 3.74. The van der Waals surface area contributed by atoms with Crippen molar-refractivity contribution < 1.29 is 13.9 Å². The van der Waals surface area contributed by atoms with Crippen LogP contribution in [0.5, 0.6) is 5.75 Å². The molecule has 0 spiro atoms. The highest BCUT2D eigenvalue weighted by Gasteiger charge is 2.11. The molecular weight excluding hydrogens is 328 g/mol. The van der Waals surface area contributed by atoms with Crippen LogP contribution in [0.1, 0.15) is 29.7 Å². The van der Waals surface area contributed by atoms with Crippen LogP contribution in [0.15, 0.2) is 59.0 Å². The maximum atomic E-state index is 12.0. The first-order valence-corrected chi connectivity index (χ1v) is 8.95. The fourth-order valence-electron chi connectivity index (χ4n) is 2.64. The topological polar surface area (TPSA) is 63.5 Å². The number of furan rings is 1. The molecule has 1 aromatic heterocycles. The third kappa shape index (κ3) is 4.86. The van der Waals surface area contributed by atoms with Crippen LogP contribution in [0, 0.1) is 0 Å². The number of carbonyl (C=O) groups is 1. The molecule has 5 heteroatoms. The smallest absolute Gasteiger partial charge is 0.287 e. The van der Waals surface area contributed by atoms with E-state index >= 15 is 0 Å². The molecule has 0 bridgehead atoms. The van der Waals surface area contributed by atoms with E-state index in [2.05, 4.69) is 23.6 Å². The fraction of sp³-hybridized carbons (Fsp3) is 0.286. The lowest BCUT2D eigenvalue weighted by Crippen LogP contribution is -2.31. The minimum absolute atomic E-state index is 0.208. The second-order valence-corrected chi connectivity index (χ2v) is 6.07. The van der Waals surface area contributed by atoms with Crippen LogP contribution in [0.2, 0.25) is 0 Å². The molecule has 1 heterocycles. The molecule has 1 amide bonds. The van der Waals surface area contributed by atoms with Crippen molar-refractivity contribution in [3.05, 3.63) is 66.1 Å². The molecule has 0 radical (unpaired) electrons. The van der Waals surface area contributed by atoms with Gasteiger partial charge in [-0.25, -0.2) is 0 Å². The third-order valence-electron chi connectivity index (χ3n) is 4.00. The Morgan fingerprint density at radius 2 is 1.85 bits per heavy atom. The largest absolute Gasteiger partial charge is 0.486 e. The van der Waals surface area contributed by atoms with Gasteiger partial charge in [-0.05, 0) is 48.0 Å². The van der Waals surface area contributed by atoms with Gasteiger partial charge >= 0.3 is 0 Å². The number of carbonyl (C=O) groups excluding carboxylic acids is 1. The standard InChI is InChI=1S/C21H24N2O3/c1-2-11-22-12-13-23-21(24)20-10-9-19(26-20)15-25-18-8-7-16-5-3-4-6-17(16)14-18/h3-10,14,22H,2,11-13,15H2,1H3,(H,23,24). The van der Waals surface area contributed by atoms with Gasteiger partial charge < -0.3 is 19.8 Å². The van der Waals surface area contributed by atoms with Gasteiger partial charge in [0, 0.05) is 13.1 Å². The van der Waals surface area contributed by atoms with Crippen LogP contribution in [-0.2, 0) is 6.61 Å². The maximum absolute atomic E-state index is 12.0. The molecule has 0 unspecified atom stereocenters. The van der Waals surface area contributed by atoms with E-state index in [1.54, 1.807) is 12.1 Å². The highest BCUT2D eigenvalue weighted by atomic mass is 16.5. The van der Waals surface area contributed by atoms with Gasteiger partial charge in [-0.15, -0.1) is 0 Å². The first kappa shape index (κ1) is 18.0. The summed E-state index contributed by atoms with van der Waals surface area (Å²) in [6.07, 6.45) is 1.08. The van der Waals surface area contributed by atoms with E-state index in [-0.39, 0.29) is 12.5 Å². The zero-order chi connectivity index (χ0) is 18.2. The van der Waals surface area contributed by atoms with Gasteiger partial charge in [0.05, 0.1) is 0 Å². The summed E-state index contributed by atoms with van der Waals surface area (Å²) in [5.41, 5.74) is 0. The summed E-state index contributed by atoms with van der Waals surface area (Å²) >= 11 is 0. The molecule has 0 saturated heterocycles. The number of amides is 1. The molecule has 0 atom stereocenters. The minimum Gasteiger partial charge on any atom is -0.486 e. The Hall–Kier alpha value is -2.79. The van der Waals surface area contributed by atoms with Crippen LogP contribution >= 0.6 is 0 Å². The van der Waals surface area contributed by atoms with Crippen molar-refractivity contribution in [1.29, 1.82) is 0 Å². The number of nitrogens with one attached hydrogen (secondary N) is 2. The van der Waals surface area contributed by atoms with Crippen molar-refractivity contribution >= 4 is 16.7 Å². The molecule has 2 N–H and O–H groups in total. The van der Waals surface area contributed by atoms with Crippen LogP contribution in [-0.4, -0.2) is 25.5 Å². The minimum atomic E-state index is -0.208. The molecule has 0 saturated carbocycles. The lowest BCUT2D eigenvalue weighted by atomic mass is 10.1. The van der Waals surface area contributed by atoms with Crippen molar-refractivity contribution in [3.8, 4) is 5.75 Å². The Bertz CT molecular complexity index is 857. The van der Waals surface area contributed by atoms with Crippen LogP contribution in [0.4, 0.5) is 0 Å². The van der Waals surface area contributed by atoms with E-state index in [0.717, 1.165) is 30.6 Å². The van der Waals surface area contributed by atoms with Crippen molar-refractivity contribution in [2.45, 2.75) is 20.0 Å². The van der Waals surface area contributed by atoms with Gasteiger partial charge in [0.25, 0.3) is 5.91 Å². The van der Waals surface area contributed by atoms with E-state index in [4.69, 9.17) is 9.15 Å². The van der Waals surface area contributed by atoms with Gasteiger partial charge in [0.1, 0.15) is 18.1 Å². The van der Waals surface area contributed by atoms with Gasteiger partial charge in [-0.3, -0.25) is 4.79 Å². The summed E-state index contributed by atoms with van der Waals surface area (Å²) in [4.78, 5) is 12.0. The highest BCUT2D eigenvalue weighted by molar-refractivity contribution is 5.91. The average Bonchev–Trinajstić information content (AvgIpc) is 3.15.